The lowest BCUT2D eigenvalue weighted by Gasteiger charge is -2.22. The van der Waals surface area contributed by atoms with Gasteiger partial charge >= 0.3 is 0 Å². The first-order valence-corrected chi connectivity index (χ1v) is 4.83. The molecule has 0 aromatic rings. The van der Waals surface area contributed by atoms with E-state index in [2.05, 4.69) is 0 Å². The van der Waals surface area contributed by atoms with Crippen LogP contribution >= 0.6 is 0 Å². The Morgan fingerprint density at radius 2 is 2.33 bits per heavy atom. The molecule has 0 saturated carbocycles. The van der Waals surface area contributed by atoms with E-state index >= 15 is 0 Å². The van der Waals surface area contributed by atoms with E-state index in [1.165, 1.54) is 12.8 Å². The van der Waals surface area contributed by atoms with Crippen molar-refractivity contribution in [2.24, 2.45) is 5.73 Å². The Hall–Kier alpha value is -0.120. The van der Waals surface area contributed by atoms with Gasteiger partial charge in [0.2, 0.25) is 0 Å². The quantitative estimate of drug-likeness (QED) is 0.629. The van der Waals surface area contributed by atoms with Crippen LogP contribution < -0.4 is 5.73 Å². The van der Waals surface area contributed by atoms with Crippen molar-refractivity contribution < 1.29 is 9.47 Å². The number of ether oxygens (including phenoxy) is 2. The molecule has 3 heteroatoms. The van der Waals surface area contributed by atoms with Crippen LogP contribution in [0.5, 0.6) is 0 Å². The fraction of sp³-hybridized carbons (Fsp3) is 1.00. The third kappa shape index (κ3) is 4.04. The molecule has 0 amide bonds. The number of hydrogen-bond donors (Lipinski definition) is 1. The normalized spacial score (nSPS) is 24.2. The minimum atomic E-state index is 0.344. The van der Waals surface area contributed by atoms with Crippen LogP contribution in [-0.2, 0) is 9.47 Å². The van der Waals surface area contributed by atoms with Crippen LogP contribution in [0.3, 0.4) is 0 Å². The molecule has 1 aliphatic rings. The van der Waals surface area contributed by atoms with E-state index in [-0.39, 0.29) is 0 Å². The second-order valence-electron chi connectivity index (χ2n) is 3.21. The zero-order chi connectivity index (χ0) is 8.65. The highest BCUT2D eigenvalue weighted by Gasteiger charge is 2.12. The molecule has 0 radical (unpaired) electrons. The predicted molar refractivity (Wildman–Crippen MR) is 48.1 cm³/mol. The topological polar surface area (TPSA) is 44.5 Å². The van der Waals surface area contributed by atoms with Crippen molar-refractivity contribution in [1.29, 1.82) is 0 Å². The van der Waals surface area contributed by atoms with Crippen molar-refractivity contribution in [1.82, 2.24) is 0 Å². The van der Waals surface area contributed by atoms with Gasteiger partial charge in [0.25, 0.3) is 0 Å². The highest BCUT2D eigenvalue weighted by molar-refractivity contribution is 4.62. The van der Waals surface area contributed by atoms with E-state index in [9.17, 15) is 0 Å². The molecule has 12 heavy (non-hydrogen) atoms. The molecule has 72 valence electrons. The molecular formula is C9H19NO2. The standard InChI is InChI=1S/C9H19NO2/c10-5-3-6-11-8-9-4-1-2-7-12-9/h9H,1-8,10H2. The predicted octanol–water partition coefficient (Wildman–Crippen LogP) is 0.921. The lowest BCUT2D eigenvalue weighted by atomic mass is 10.1. The highest BCUT2D eigenvalue weighted by Crippen LogP contribution is 2.12. The summed E-state index contributed by atoms with van der Waals surface area (Å²) in [6, 6.07) is 0. The Morgan fingerprint density at radius 1 is 1.42 bits per heavy atom. The van der Waals surface area contributed by atoms with Crippen molar-refractivity contribution >= 4 is 0 Å². The molecule has 1 aliphatic heterocycles. The SMILES string of the molecule is NCCCOCC1CCCCO1. The Kier molecular flexibility index (Phi) is 5.32. The fourth-order valence-corrected chi connectivity index (χ4v) is 1.34. The Morgan fingerprint density at radius 3 is 3.00 bits per heavy atom. The van der Waals surface area contributed by atoms with Gasteiger partial charge in [-0.3, -0.25) is 0 Å². The minimum Gasteiger partial charge on any atom is -0.379 e. The molecule has 0 aromatic heterocycles. The van der Waals surface area contributed by atoms with Gasteiger partial charge < -0.3 is 15.2 Å². The summed E-state index contributed by atoms with van der Waals surface area (Å²) in [4.78, 5) is 0. The molecule has 1 heterocycles. The third-order valence-electron chi connectivity index (χ3n) is 2.07. The molecule has 1 fully saturated rings. The molecule has 0 aromatic carbocycles. The Balaban J connectivity index is 1.91. The first-order valence-electron chi connectivity index (χ1n) is 4.83. The summed E-state index contributed by atoms with van der Waals surface area (Å²) in [6.45, 7) is 3.15. The molecular weight excluding hydrogens is 154 g/mol. The maximum absolute atomic E-state index is 5.50. The van der Waals surface area contributed by atoms with Gasteiger partial charge in [0.15, 0.2) is 0 Å². The van der Waals surface area contributed by atoms with Gasteiger partial charge in [-0.15, -0.1) is 0 Å². The zero-order valence-electron chi connectivity index (χ0n) is 7.63. The lowest BCUT2D eigenvalue weighted by Crippen LogP contribution is -2.24. The number of rotatable bonds is 5. The van der Waals surface area contributed by atoms with Gasteiger partial charge in [-0.25, -0.2) is 0 Å². The molecule has 2 N–H and O–H groups in total. The van der Waals surface area contributed by atoms with Gasteiger partial charge in [0, 0.05) is 13.2 Å². The largest absolute Gasteiger partial charge is 0.379 e. The van der Waals surface area contributed by atoms with Crippen molar-refractivity contribution in [2.75, 3.05) is 26.4 Å². The molecule has 1 rings (SSSR count). The minimum absolute atomic E-state index is 0.344. The van der Waals surface area contributed by atoms with Crippen molar-refractivity contribution in [2.45, 2.75) is 31.8 Å². The van der Waals surface area contributed by atoms with Crippen molar-refractivity contribution in [3.05, 3.63) is 0 Å². The van der Waals surface area contributed by atoms with Gasteiger partial charge in [0.05, 0.1) is 12.7 Å². The summed E-state index contributed by atoms with van der Waals surface area (Å²) < 4.78 is 10.9. The maximum atomic E-state index is 5.50. The van der Waals surface area contributed by atoms with Crippen LogP contribution in [0.15, 0.2) is 0 Å². The molecule has 0 spiro atoms. The third-order valence-corrected chi connectivity index (χ3v) is 2.07. The Bertz CT molecular complexity index is 103. The molecule has 1 unspecified atom stereocenters. The molecule has 1 atom stereocenters. The fourth-order valence-electron chi connectivity index (χ4n) is 1.34. The van der Waals surface area contributed by atoms with E-state index in [4.69, 9.17) is 15.2 Å². The molecule has 0 aliphatic carbocycles. The van der Waals surface area contributed by atoms with E-state index in [0.717, 1.165) is 32.7 Å². The Labute approximate surface area is 74.2 Å². The summed E-state index contributed by atoms with van der Waals surface area (Å²) in [5, 5.41) is 0. The summed E-state index contributed by atoms with van der Waals surface area (Å²) in [6.07, 6.45) is 4.94. The average molecular weight is 173 g/mol. The van der Waals surface area contributed by atoms with Crippen LogP contribution in [0, 0.1) is 0 Å². The first kappa shape index (κ1) is 9.96. The van der Waals surface area contributed by atoms with Gasteiger partial charge in [-0.2, -0.15) is 0 Å². The average Bonchev–Trinajstić information content (AvgIpc) is 2.14. The van der Waals surface area contributed by atoms with E-state index in [1.807, 2.05) is 0 Å². The van der Waals surface area contributed by atoms with E-state index < -0.39 is 0 Å². The van der Waals surface area contributed by atoms with Crippen LogP contribution in [0.4, 0.5) is 0 Å². The van der Waals surface area contributed by atoms with E-state index in [0.29, 0.717) is 12.6 Å². The van der Waals surface area contributed by atoms with Crippen LogP contribution in [0.1, 0.15) is 25.7 Å². The molecule has 3 nitrogen and oxygen atoms in total. The lowest BCUT2D eigenvalue weighted by molar-refractivity contribution is -0.0406. The highest BCUT2D eigenvalue weighted by atomic mass is 16.5. The van der Waals surface area contributed by atoms with Crippen LogP contribution in [0.25, 0.3) is 0 Å². The maximum Gasteiger partial charge on any atom is 0.0808 e. The summed E-state index contributed by atoms with van der Waals surface area (Å²) in [7, 11) is 0. The number of hydrogen-bond acceptors (Lipinski definition) is 3. The first-order chi connectivity index (χ1) is 5.93. The summed E-state index contributed by atoms with van der Waals surface area (Å²) in [5.41, 5.74) is 5.34. The zero-order valence-corrected chi connectivity index (χ0v) is 7.63. The second-order valence-corrected chi connectivity index (χ2v) is 3.21. The molecule has 0 bridgehead atoms. The molecule has 1 saturated heterocycles. The number of nitrogens with two attached hydrogens (primary N) is 1. The van der Waals surface area contributed by atoms with Crippen molar-refractivity contribution in [3.63, 3.8) is 0 Å². The second kappa shape index (κ2) is 6.40. The summed E-state index contributed by atoms with van der Waals surface area (Å²) >= 11 is 0. The van der Waals surface area contributed by atoms with Crippen LogP contribution in [-0.4, -0.2) is 32.5 Å². The van der Waals surface area contributed by atoms with E-state index in [1.54, 1.807) is 0 Å². The smallest absolute Gasteiger partial charge is 0.0808 e. The van der Waals surface area contributed by atoms with Gasteiger partial charge in [-0.05, 0) is 32.2 Å². The summed E-state index contributed by atoms with van der Waals surface area (Å²) in [5.74, 6) is 0. The van der Waals surface area contributed by atoms with Crippen LogP contribution in [0.2, 0.25) is 0 Å². The van der Waals surface area contributed by atoms with Crippen molar-refractivity contribution in [3.8, 4) is 0 Å². The van der Waals surface area contributed by atoms with Gasteiger partial charge in [-0.1, -0.05) is 0 Å². The monoisotopic (exact) mass is 173 g/mol. The van der Waals surface area contributed by atoms with Gasteiger partial charge in [0.1, 0.15) is 0 Å².